The molecule has 5 nitrogen and oxygen atoms in total. The molecular weight excluding hydrogens is 210 g/mol. The van der Waals surface area contributed by atoms with E-state index in [1.807, 2.05) is 6.92 Å². The van der Waals surface area contributed by atoms with E-state index < -0.39 is 0 Å². The molecule has 0 radical (unpaired) electrons. The van der Waals surface area contributed by atoms with Crippen molar-refractivity contribution in [3.63, 3.8) is 0 Å². The minimum Gasteiger partial charge on any atom is -0.368 e. The van der Waals surface area contributed by atoms with Gasteiger partial charge in [-0.05, 0) is 6.92 Å². The molecule has 0 bridgehead atoms. The van der Waals surface area contributed by atoms with Crippen LogP contribution in [0, 0.1) is 0 Å². The molecule has 60 valence electrons. The second-order valence-corrected chi connectivity index (χ2v) is 3.40. The molecule has 0 saturated carbocycles. The van der Waals surface area contributed by atoms with Gasteiger partial charge in [0.2, 0.25) is 11.9 Å². The highest BCUT2D eigenvalue weighted by molar-refractivity contribution is 9.09. The number of nitrogen functional groups attached to an aromatic ring is 2. The summed E-state index contributed by atoms with van der Waals surface area (Å²) in [5.74, 6) is 0.854. The van der Waals surface area contributed by atoms with Gasteiger partial charge in [0.15, 0.2) is 0 Å². The Hall–Kier alpha value is -0.910. The topological polar surface area (TPSA) is 90.7 Å². The molecule has 1 atom stereocenters. The van der Waals surface area contributed by atoms with Crippen LogP contribution < -0.4 is 11.5 Å². The van der Waals surface area contributed by atoms with Crippen molar-refractivity contribution < 1.29 is 0 Å². The van der Waals surface area contributed by atoms with Crippen molar-refractivity contribution in [2.45, 2.75) is 11.8 Å². The van der Waals surface area contributed by atoms with E-state index in [2.05, 4.69) is 30.9 Å². The molecule has 1 rings (SSSR count). The van der Waals surface area contributed by atoms with Crippen LogP contribution in [-0.2, 0) is 0 Å². The van der Waals surface area contributed by atoms with Crippen LogP contribution in [-0.4, -0.2) is 15.0 Å². The summed E-state index contributed by atoms with van der Waals surface area (Å²) < 4.78 is 0. The van der Waals surface area contributed by atoms with Gasteiger partial charge in [0.1, 0.15) is 5.82 Å². The summed E-state index contributed by atoms with van der Waals surface area (Å²) in [4.78, 5) is 11.4. The molecular formula is C5H8BrN5. The van der Waals surface area contributed by atoms with E-state index in [0.717, 1.165) is 0 Å². The van der Waals surface area contributed by atoms with Gasteiger partial charge in [0, 0.05) is 0 Å². The number of anilines is 2. The molecule has 11 heavy (non-hydrogen) atoms. The Bertz CT molecular complexity index is 241. The van der Waals surface area contributed by atoms with E-state index in [1.54, 1.807) is 0 Å². The van der Waals surface area contributed by atoms with Crippen molar-refractivity contribution in [3.05, 3.63) is 5.82 Å². The Morgan fingerprint density at radius 2 is 1.64 bits per heavy atom. The largest absolute Gasteiger partial charge is 0.368 e. The van der Waals surface area contributed by atoms with Crippen molar-refractivity contribution in [1.82, 2.24) is 15.0 Å². The average Bonchev–Trinajstić information content (AvgIpc) is 1.85. The number of hydrogen-bond donors (Lipinski definition) is 2. The maximum atomic E-state index is 5.33. The molecule has 0 aliphatic carbocycles. The van der Waals surface area contributed by atoms with Crippen LogP contribution in [0.15, 0.2) is 0 Å². The van der Waals surface area contributed by atoms with Gasteiger partial charge in [-0.1, -0.05) is 15.9 Å². The SMILES string of the molecule is CC(Br)c1nc(N)nc(N)n1. The van der Waals surface area contributed by atoms with E-state index >= 15 is 0 Å². The molecule has 0 aromatic carbocycles. The zero-order chi connectivity index (χ0) is 8.43. The fourth-order valence-electron chi connectivity index (χ4n) is 0.605. The van der Waals surface area contributed by atoms with Crippen molar-refractivity contribution in [2.75, 3.05) is 11.5 Å². The minimum absolute atomic E-state index is 0.0371. The third kappa shape index (κ3) is 2.01. The minimum atomic E-state index is 0.0371. The Morgan fingerprint density at radius 1 is 1.18 bits per heavy atom. The fourth-order valence-corrected chi connectivity index (χ4v) is 0.810. The number of rotatable bonds is 1. The number of alkyl halides is 1. The lowest BCUT2D eigenvalue weighted by Crippen LogP contribution is -2.06. The molecule has 1 unspecified atom stereocenters. The zero-order valence-electron chi connectivity index (χ0n) is 5.95. The molecule has 0 spiro atoms. The summed E-state index contributed by atoms with van der Waals surface area (Å²) in [6, 6.07) is 0. The van der Waals surface area contributed by atoms with Crippen molar-refractivity contribution >= 4 is 27.8 Å². The Kier molecular flexibility index (Phi) is 2.23. The van der Waals surface area contributed by atoms with Crippen LogP contribution in [0.4, 0.5) is 11.9 Å². The van der Waals surface area contributed by atoms with Gasteiger partial charge >= 0.3 is 0 Å². The van der Waals surface area contributed by atoms with Crippen LogP contribution in [0.5, 0.6) is 0 Å². The fraction of sp³-hybridized carbons (Fsp3) is 0.400. The highest BCUT2D eigenvalue weighted by atomic mass is 79.9. The summed E-state index contributed by atoms with van der Waals surface area (Å²) in [5, 5.41) is 0. The molecule has 0 fully saturated rings. The normalized spacial score (nSPS) is 12.9. The smallest absolute Gasteiger partial charge is 0.225 e. The van der Waals surface area contributed by atoms with Crippen LogP contribution in [0.25, 0.3) is 0 Å². The van der Waals surface area contributed by atoms with Crippen LogP contribution in [0.1, 0.15) is 17.6 Å². The highest BCUT2D eigenvalue weighted by Crippen LogP contribution is 2.17. The Morgan fingerprint density at radius 3 is 2.00 bits per heavy atom. The molecule has 1 heterocycles. The molecule has 0 aliphatic heterocycles. The third-order valence-electron chi connectivity index (χ3n) is 1.04. The molecule has 0 saturated heterocycles. The first-order valence-electron chi connectivity index (χ1n) is 3.00. The van der Waals surface area contributed by atoms with E-state index in [9.17, 15) is 0 Å². The van der Waals surface area contributed by atoms with Crippen molar-refractivity contribution in [2.24, 2.45) is 0 Å². The van der Waals surface area contributed by atoms with Gasteiger partial charge in [0.05, 0.1) is 4.83 Å². The quantitative estimate of drug-likeness (QED) is 0.669. The number of halogens is 1. The molecule has 6 heteroatoms. The van der Waals surface area contributed by atoms with Crippen LogP contribution in [0.2, 0.25) is 0 Å². The zero-order valence-corrected chi connectivity index (χ0v) is 7.54. The number of nitrogens with two attached hydrogens (primary N) is 2. The van der Waals surface area contributed by atoms with Gasteiger partial charge in [0.25, 0.3) is 0 Å². The summed E-state index contributed by atoms with van der Waals surface area (Å²) >= 11 is 3.29. The number of hydrogen-bond acceptors (Lipinski definition) is 5. The maximum Gasteiger partial charge on any atom is 0.225 e. The Labute approximate surface area is 72.4 Å². The summed E-state index contributed by atoms with van der Waals surface area (Å²) in [6.45, 7) is 1.88. The standard InChI is InChI=1S/C5H8BrN5/c1-2(6)3-9-4(7)11-5(8)10-3/h2H,1H3,(H4,7,8,9,10,11). The average molecular weight is 218 g/mol. The first-order valence-corrected chi connectivity index (χ1v) is 3.92. The molecule has 1 aromatic rings. The monoisotopic (exact) mass is 217 g/mol. The predicted octanol–water partition coefficient (Wildman–Crippen LogP) is 0.492. The second-order valence-electron chi connectivity index (χ2n) is 2.03. The maximum absolute atomic E-state index is 5.33. The third-order valence-corrected chi connectivity index (χ3v) is 1.45. The van der Waals surface area contributed by atoms with Gasteiger partial charge in [-0.15, -0.1) is 0 Å². The summed E-state index contributed by atoms with van der Waals surface area (Å²) in [6.07, 6.45) is 0. The summed E-state index contributed by atoms with van der Waals surface area (Å²) in [5.41, 5.74) is 10.7. The van der Waals surface area contributed by atoms with Crippen LogP contribution >= 0.6 is 15.9 Å². The lowest BCUT2D eigenvalue weighted by Gasteiger charge is -2.02. The Balaban J connectivity index is 3.08. The van der Waals surface area contributed by atoms with Crippen LogP contribution in [0.3, 0.4) is 0 Å². The highest BCUT2D eigenvalue weighted by Gasteiger charge is 2.06. The number of nitrogens with zero attached hydrogens (tertiary/aromatic N) is 3. The van der Waals surface area contributed by atoms with E-state index in [4.69, 9.17) is 11.5 Å². The molecule has 0 aliphatic rings. The molecule has 1 aromatic heterocycles. The van der Waals surface area contributed by atoms with E-state index in [-0.39, 0.29) is 16.7 Å². The lowest BCUT2D eigenvalue weighted by molar-refractivity contribution is 0.909. The van der Waals surface area contributed by atoms with E-state index in [1.165, 1.54) is 0 Å². The first-order chi connectivity index (χ1) is 5.09. The molecule has 4 N–H and O–H groups in total. The lowest BCUT2D eigenvalue weighted by atomic mass is 10.4. The summed E-state index contributed by atoms with van der Waals surface area (Å²) in [7, 11) is 0. The van der Waals surface area contributed by atoms with Gasteiger partial charge in [-0.25, -0.2) is 0 Å². The van der Waals surface area contributed by atoms with Crippen molar-refractivity contribution in [3.8, 4) is 0 Å². The van der Waals surface area contributed by atoms with Crippen molar-refractivity contribution in [1.29, 1.82) is 0 Å². The molecule has 0 amide bonds. The first kappa shape index (κ1) is 8.19. The second kappa shape index (κ2) is 3.00. The van der Waals surface area contributed by atoms with E-state index in [0.29, 0.717) is 5.82 Å². The van der Waals surface area contributed by atoms with Gasteiger partial charge in [-0.2, -0.15) is 15.0 Å². The van der Waals surface area contributed by atoms with Gasteiger partial charge < -0.3 is 11.5 Å². The van der Waals surface area contributed by atoms with Gasteiger partial charge in [-0.3, -0.25) is 0 Å². The predicted molar refractivity (Wildman–Crippen MR) is 46.0 cm³/mol. The number of aromatic nitrogens is 3.